The lowest BCUT2D eigenvalue weighted by Crippen LogP contribution is -2.37. The number of halogens is 1. The number of rotatable bonds is 5. The van der Waals surface area contributed by atoms with Crippen LogP contribution in [0.2, 0.25) is 0 Å². The minimum atomic E-state index is -0.337. The highest BCUT2D eigenvalue weighted by Crippen LogP contribution is 2.10. The largest absolute Gasteiger partial charge is 0.357 e. The number of aliphatic imine (C=N–C) groups is 1. The van der Waals surface area contributed by atoms with Crippen LogP contribution in [-0.4, -0.2) is 12.5 Å². The van der Waals surface area contributed by atoms with Gasteiger partial charge < -0.3 is 10.6 Å². The third kappa shape index (κ3) is 5.10. The maximum Gasteiger partial charge on any atom is 0.191 e. The third-order valence-corrected chi connectivity index (χ3v) is 3.47. The molecule has 2 aromatic carbocycles. The maximum atomic E-state index is 13.8. The predicted octanol–water partition coefficient (Wildman–Crippen LogP) is 3.26. The number of nitrogens with one attached hydrogen (secondary N) is 2. The van der Waals surface area contributed by atoms with E-state index in [0.29, 0.717) is 30.2 Å². The molecule has 0 heterocycles. The van der Waals surface area contributed by atoms with Crippen molar-refractivity contribution in [1.82, 2.24) is 10.6 Å². The van der Waals surface area contributed by atoms with E-state index < -0.39 is 0 Å². The van der Waals surface area contributed by atoms with Gasteiger partial charge in [0.1, 0.15) is 5.82 Å². The second-order valence-corrected chi connectivity index (χ2v) is 5.46. The molecule has 0 amide bonds. The highest BCUT2D eigenvalue weighted by Gasteiger charge is 2.05. The van der Waals surface area contributed by atoms with Crippen molar-refractivity contribution in [2.75, 3.05) is 6.54 Å². The van der Waals surface area contributed by atoms with Gasteiger partial charge in [-0.25, -0.2) is 9.38 Å². The molecule has 0 aliphatic rings. The second-order valence-electron chi connectivity index (χ2n) is 5.46. The van der Waals surface area contributed by atoms with Crippen LogP contribution < -0.4 is 10.6 Å². The average molecular weight is 324 g/mol. The number of guanidine groups is 1. The van der Waals surface area contributed by atoms with Crippen LogP contribution in [0.25, 0.3) is 0 Å². The number of aryl methyl sites for hydroxylation is 1. The van der Waals surface area contributed by atoms with Crippen LogP contribution in [0.1, 0.15) is 29.2 Å². The molecule has 0 atom stereocenters. The van der Waals surface area contributed by atoms with Crippen LogP contribution in [0, 0.1) is 24.1 Å². The lowest BCUT2D eigenvalue weighted by atomic mass is 10.1. The Bertz CT molecular complexity index is 762. The molecule has 2 aromatic rings. The number of nitrogens with zero attached hydrogens (tertiary/aromatic N) is 2. The Morgan fingerprint density at radius 3 is 2.75 bits per heavy atom. The van der Waals surface area contributed by atoms with E-state index in [9.17, 15) is 4.39 Å². The highest BCUT2D eigenvalue weighted by molar-refractivity contribution is 5.79. The molecule has 0 saturated carbocycles. The summed E-state index contributed by atoms with van der Waals surface area (Å²) < 4.78 is 13.8. The van der Waals surface area contributed by atoms with Gasteiger partial charge in [0.2, 0.25) is 0 Å². The SMILES string of the molecule is CCNC(=NCc1cccc(C)c1)NCc1cc(C#N)ccc1F. The minimum absolute atomic E-state index is 0.265. The fourth-order valence-corrected chi connectivity index (χ4v) is 2.28. The summed E-state index contributed by atoms with van der Waals surface area (Å²) in [5.41, 5.74) is 3.19. The van der Waals surface area contributed by atoms with Crippen LogP contribution in [-0.2, 0) is 13.1 Å². The van der Waals surface area contributed by atoms with E-state index in [2.05, 4.69) is 21.7 Å². The molecule has 4 nitrogen and oxygen atoms in total. The Balaban J connectivity index is 2.06. The summed E-state index contributed by atoms with van der Waals surface area (Å²) >= 11 is 0. The number of hydrogen-bond acceptors (Lipinski definition) is 2. The molecule has 2 rings (SSSR count). The molecule has 0 spiro atoms. The van der Waals surface area contributed by atoms with Crippen LogP contribution in [0.3, 0.4) is 0 Å². The first kappa shape index (κ1) is 17.5. The second kappa shape index (κ2) is 8.68. The molecule has 2 N–H and O–H groups in total. The first-order chi connectivity index (χ1) is 11.6. The van der Waals surface area contributed by atoms with Gasteiger partial charge in [-0.15, -0.1) is 0 Å². The van der Waals surface area contributed by atoms with Gasteiger partial charge in [-0.2, -0.15) is 5.26 Å². The normalized spacial score (nSPS) is 11.0. The minimum Gasteiger partial charge on any atom is -0.357 e. The predicted molar refractivity (Wildman–Crippen MR) is 93.9 cm³/mol. The Labute approximate surface area is 142 Å². The third-order valence-electron chi connectivity index (χ3n) is 3.47. The lowest BCUT2D eigenvalue weighted by Gasteiger charge is -2.12. The zero-order valence-corrected chi connectivity index (χ0v) is 13.9. The monoisotopic (exact) mass is 324 g/mol. The van der Waals surface area contributed by atoms with Crippen molar-refractivity contribution in [2.24, 2.45) is 4.99 Å². The van der Waals surface area contributed by atoms with E-state index in [1.165, 1.54) is 17.7 Å². The van der Waals surface area contributed by atoms with E-state index in [1.54, 1.807) is 6.07 Å². The lowest BCUT2D eigenvalue weighted by molar-refractivity contribution is 0.604. The first-order valence-corrected chi connectivity index (χ1v) is 7.88. The molecule has 0 aliphatic carbocycles. The Morgan fingerprint density at radius 2 is 2.04 bits per heavy atom. The summed E-state index contributed by atoms with van der Waals surface area (Å²) in [4.78, 5) is 4.52. The fraction of sp³-hybridized carbons (Fsp3) is 0.263. The summed E-state index contributed by atoms with van der Waals surface area (Å²) in [6.45, 7) is 5.53. The number of hydrogen-bond donors (Lipinski definition) is 2. The standard InChI is InChI=1S/C19H21FN4/c1-3-22-19(23-12-16-6-4-5-14(2)9-16)24-13-17-10-15(11-21)7-8-18(17)20/h4-10H,3,12-13H2,1-2H3,(H2,22,23,24). The first-order valence-electron chi connectivity index (χ1n) is 7.88. The topological polar surface area (TPSA) is 60.2 Å². The zero-order valence-electron chi connectivity index (χ0n) is 13.9. The van der Waals surface area contributed by atoms with E-state index >= 15 is 0 Å². The van der Waals surface area contributed by atoms with Gasteiger partial charge in [0.05, 0.1) is 18.2 Å². The van der Waals surface area contributed by atoms with Gasteiger partial charge >= 0.3 is 0 Å². The Morgan fingerprint density at radius 1 is 1.21 bits per heavy atom. The molecule has 0 fully saturated rings. The quantitative estimate of drug-likeness (QED) is 0.655. The van der Waals surface area contributed by atoms with Gasteiger partial charge in [-0.3, -0.25) is 0 Å². The van der Waals surface area contributed by atoms with Gasteiger partial charge in [-0.05, 0) is 37.6 Å². The smallest absolute Gasteiger partial charge is 0.191 e. The zero-order chi connectivity index (χ0) is 17.4. The van der Waals surface area contributed by atoms with E-state index in [4.69, 9.17) is 5.26 Å². The van der Waals surface area contributed by atoms with Crippen molar-refractivity contribution in [3.8, 4) is 6.07 Å². The summed E-state index contributed by atoms with van der Waals surface area (Å²) in [6.07, 6.45) is 0. The van der Waals surface area contributed by atoms with Crippen molar-refractivity contribution in [2.45, 2.75) is 26.9 Å². The number of nitriles is 1. The maximum absolute atomic E-state index is 13.8. The number of benzene rings is 2. The van der Waals surface area contributed by atoms with Gasteiger partial charge in [0.25, 0.3) is 0 Å². The van der Waals surface area contributed by atoms with Crippen molar-refractivity contribution in [1.29, 1.82) is 5.26 Å². The molecule has 0 aliphatic heterocycles. The van der Waals surface area contributed by atoms with Gasteiger partial charge in [0, 0.05) is 18.7 Å². The molecular formula is C19H21FN4. The molecule has 5 heteroatoms. The molecule has 24 heavy (non-hydrogen) atoms. The molecular weight excluding hydrogens is 303 g/mol. The van der Waals surface area contributed by atoms with Crippen LogP contribution >= 0.6 is 0 Å². The summed E-state index contributed by atoms with van der Waals surface area (Å²) in [6, 6.07) is 14.5. The van der Waals surface area contributed by atoms with Crippen molar-refractivity contribution in [3.05, 3.63) is 70.5 Å². The van der Waals surface area contributed by atoms with Crippen molar-refractivity contribution < 1.29 is 4.39 Å². The van der Waals surface area contributed by atoms with E-state index in [1.807, 2.05) is 38.1 Å². The molecule has 0 unspecified atom stereocenters. The average Bonchev–Trinajstić information content (AvgIpc) is 2.58. The van der Waals surface area contributed by atoms with Crippen LogP contribution in [0.4, 0.5) is 4.39 Å². The van der Waals surface area contributed by atoms with Crippen molar-refractivity contribution >= 4 is 5.96 Å². The molecule has 0 saturated heterocycles. The summed E-state index contributed by atoms with van der Waals surface area (Å²) in [7, 11) is 0. The summed E-state index contributed by atoms with van der Waals surface area (Å²) in [5, 5.41) is 15.2. The molecule has 0 aromatic heterocycles. The Hall–Kier alpha value is -2.87. The summed E-state index contributed by atoms with van der Waals surface area (Å²) in [5.74, 6) is 0.275. The Kier molecular flexibility index (Phi) is 6.32. The fourth-order valence-electron chi connectivity index (χ4n) is 2.28. The van der Waals surface area contributed by atoms with E-state index in [0.717, 1.165) is 5.56 Å². The molecule has 0 bridgehead atoms. The molecule has 0 radical (unpaired) electrons. The van der Waals surface area contributed by atoms with Gasteiger partial charge in [0.15, 0.2) is 5.96 Å². The van der Waals surface area contributed by atoms with Gasteiger partial charge in [-0.1, -0.05) is 29.8 Å². The molecule has 124 valence electrons. The highest BCUT2D eigenvalue weighted by atomic mass is 19.1. The van der Waals surface area contributed by atoms with Crippen molar-refractivity contribution in [3.63, 3.8) is 0 Å². The van der Waals surface area contributed by atoms with E-state index in [-0.39, 0.29) is 12.4 Å². The van der Waals surface area contributed by atoms with Crippen LogP contribution in [0.15, 0.2) is 47.5 Å². The van der Waals surface area contributed by atoms with Crippen LogP contribution in [0.5, 0.6) is 0 Å².